The lowest BCUT2D eigenvalue weighted by Crippen LogP contribution is -2.31. The van der Waals surface area contributed by atoms with Gasteiger partial charge in [0.15, 0.2) is 0 Å². The monoisotopic (exact) mass is 337 g/mol. The van der Waals surface area contributed by atoms with E-state index in [4.69, 9.17) is 4.74 Å². The summed E-state index contributed by atoms with van der Waals surface area (Å²) in [5, 5.41) is 0.619. The van der Waals surface area contributed by atoms with Crippen molar-refractivity contribution in [3.05, 3.63) is 66.4 Å². The molecule has 0 N–H and O–H groups in total. The number of carbonyl (C=O) groups excluding carboxylic acids is 1. The Hall–Kier alpha value is -3.02. The summed E-state index contributed by atoms with van der Waals surface area (Å²) in [6, 6.07) is 9.76. The van der Waals surface area contributed by atoms with E-state index in [1.54, 1.807) is 41.7 Å². The van der Waals surface area contributed by atoms with Crippen molar-refractivity contribution in [2.75, 3.05) is 13.1 Å². The highest BCUT2D eigenvalue weighted by Gasteiger charge is 2.29. The fraction of sp³-hybridized carbons (Fsp3) is 0.211. The van der Waals surface area contributed by atoms with E-state index in [2.05, 4.69) is 9.97 Å². The molecule has 5 nitrogen and oxygen atoms in total. The maximum Gasteiger partial charge on any atom is 0.256 e. The highest BCUT2D eigenvalue weighted by Crippen LogP contribution is 2.23. The van der Waals surface area contributed by atoms with E-state index in [1.807, 2.05) is 6.07 Å². The molecular formula is C19H16FN3O2. The Balaban J connectivity index is 1.54. The number of likely N-dealkylation sites (tertiary alicyclic amines) is 1. The number of pyridine rings is 2. The molecule has 0 unspecified atom stereocenters. The van der Waals surface area contributed by atoms with Gasteiger partial charge in [-0.3, -0.25) is 14.8 Å². The van der Waals surface area contributed by atoms with E-state index < -0.39 is 5.82 Å². The summed E-state index contributed by atoms with van der Waals surface area (Å²) < 4.78 is 19.7. The first-order chi connectivity index (χ1) is 12.2. The second kappa shape index (κ2) is 6.47. The third-order valence-corrected chi connectivity index (χ3v) is 4.27. The average Bonchev–Trinajstić information content (AvgIpc) is 3.09. The molecule has 0 radical (unpaired) electrons. The lowest BCUT2D eigenvalue weighted by Gasteiger charge is -2.18. The SMILES string of the molecule is O=C(c1cc(F)cc2cccnc12)N1CC[C@H](Oc2cccnc2)C1. The van der Waals surface area contributed by atoms with Gasteiger partial charge in [-0.2, -0.15) is 0 Å². The molecule has 126 valence electrons. The number of rotatable bonds is 3. The molecule has 4 rings (SSSR count). The number of halogens is 1. The third kappa shape index (κ3) is 3.15. The molecule has 1 saturated heterocycles. The quantitative estimate of drug-likeness (QED) is 0.737. The van der Waals surface area contributed by atoms with E-state index in [-0.39, 0.29) is 17.6 Å². The van der Waals surface area contributed by atoms with Crippen LogP contribution in [0.25, 0.3) is 10.9 Å². The molecule has 1 aromatic carbocycles. The van der Waals surface area contributed by atoms with Crippen LogP contribution in [0.4, 0.5) is 4.39 Å². The largest absolute Gasteiger partial charge is 0.487 e. The first kappa shape index (κ1) is 15.5. The van der Waals surface area contributed by atoms with Crippen molar-refractivity contribution in [1.82, 2.24) is 14.9 Å². The second-order valence-electron chi connectivity index (χ2n) is 6.00. The predicted octanol–water partition coefficient (Wildman–Crippen LogP) is 3.06. The van der Waals surface area contributed by atoms with Gasteiger partial charge in [-0.25, -0.2) is 4.39 Å². The van der Waals surface area contributed by atoms with E-state index in [9.17, 15) is 9.18 Å². The summed E-state index contributed by atoms with van der Waals surface area (Å²) in [5.74, 6) is 0.0198. The Kier molecular flexibility index (Phi) is 4.01. The number of hydrogen-bond donors (Lipinski definition) is 0. The van der Waals surface area contributed by atoms with Gasteiger partial charge < -0.3 is 9.64 Å². The van der Waals surface area contributed by atoms with E-state index in [0.29, 0.717) is 29.7 Å². The van der Waals surface area contributed by atoms with Crippen molar-refractivity contribution in [2.24, 2.45) is 0 Å². The fourth-order valence-electron chi connectivity index (χ4n) is 3.11. The summed E-state index contributed by atoms with van der Waals surface area (Å²) in [5.41, 5.74) is 0.808. The van der Waals surface area contributed by atoms with Crippen molar-refractivity contribution in [3.8, 4) is 5.75 Å². The van der Waals surface area contributed by atoms with Gasteiger partial charge in [0, 0.05) is 30.7 Å². The molecule has 3 aromatic rings. The van der Waals surface area contributed by atoms with Crippen LogP contribution in [0, 0.1) is 5.82 Å². The lowest BCUT2D eigenvalue weighted by atomic mass is 10.1. The van der Waals surface area contributed by atoms with Crippen LogP contribution in [-0.4, -0.2) is 40.0 Å². The minimum absolute atomic E-state index is 0.0964. The van der Waals surface area contributed by atoms with Gasteiger partial charge in [-0.05, 0) is 30.3 Å². The van der Waals surface area contributed by atoms with Crippen molar-refractivity contribution in [1.29, 1.82) is 0 Å². The van der Waals surface area contributed by atoms with Crippen LogP contribution in [0.1, 0.15) is 16.8 Å². The maximum atomic E-state index is 13.9. The zero-order chi connectivity index (χ0) is 17.2. The van der Waals surface area contributed by atoms with Crippen LogP contribution >= 0.6 is 0 Å². The Morgan fingerprint density at radius 2 is 2.12 bits per heavy atom. The number of nitrogens with zero attached hydrogens (tertiary/aromatic N) is 3. The van der Waals surface area contributed by atoms with Gasteiger partial charge in [0.05, 0.1) is 23.8 Å². The van der Waals surface area contributed by atoms with Gasteiger partial charge in [0.1, 0.15) is 17.7 Å². The van der Waals surface area contributed by atoms with Crippen molar-refractivity contribution in [2.45, 2.75) is 12.5 Å². The summed E-state index contributed by atoms with van der Waals surface area (Å²) >= 11 is 0. The summed E-state index contributed by atoms with van der Waals surface area (Å²) in [7, 11) is 0. The Bertz CT molecular complexity index is 917. The highest BCUT2D eigenvalue weighted by atomic mass is 19.1. The smallest absolute Gasteiger partial charge is 0.256 e. The molecule has 1 aliphatic rings. The molecule has 2 aromatic heterocycles. The standard InChI is InChI=1S/C19H16FN3O2/c20-14-9-13-3-1-7-22-18(13)17(10-14)19(24)23-8-5-16(12-23)25-15-4-2-6-21-11-15/h1-4,6-7,9-11,16H,5,8,12H2/t16-/m0/s1. The van der Waals surface area contributed by atoms with Crippen molar-refractivity contribution in [3.63, 3.8) is 0 Å². The average molecular weight is 337 g/mol. The Morgan fingerprint density at radius 1 is 1.24 bits per heavy atom. The van der Waals surface area contributed by atoms with Crippen LogP contribution in [0.5, 0.6) is 5.75 Å². The van der Waals surface area contributed by atoms with E-state index in [0.717, 1.165) is 6.42 Å². The van der Waals surface area contributed by atoms with E-state index in [1.165, 1.54) is 12.1 Å². The fourth-order valence-corrected chi connectivity index (χ4v) is 3.11. The molecule has 6 heteroatoms. The van der Waals surface area contributed by atoms with Crippen LogP contribution in [0.15, 0.2) is 55.0 Å². The number of ether oxygens (including phenoxy) is 1. The van der Waals surface area contributed by atoms with Crippen LogP contribution in [0.2, 0.25) is 0 Å². The predicted molar refractivity (Wildman–Crippen MR) is 90.9 cm³/mol. The summed E-state index contributed by atoms with van der Waals surface area (Å²) in [6.07, 6.45) is 5.56. The van der Waals surface area contributed by atoms with Gasteiger partial charge >= 0.3 is 0 Å². The third-order valence-electron chi connectivity index (χ3n) is 4.27. The topological polar surface area (TPSA) is 55.3 Å². The zero-order valence-electron chi connectivity index (χ0n) is 13.4. The normalized spacial score (nSPS) is 17.0. The van der Waals surface area contributed by atoms with Crippen LogP contribution in [-0.2, 0) is 0 Å². The van der Waals surface area contributed by atoms with Gasteiger partial charge in [0.25, 0.3) is 5.91 Å². The Labute approximate surface area is 144 Å². The molecule has 3 heterocycles. The van der Waals surface area contributed by atoms with E-state index >= 15 is 0 Å². The van der Waals surface area contributed by atoms with Gasteiger partial charge in [0.2, 0.25) is 0 Å². The van der Waals surface area contributed by atoms with Crippen LogP contribution < -0.4 is 4.74 Å². The molecule has 0 bridgehead atoms. The number of hydrogen-bond acceptors (Lipinski definition) is 4. The molecular weight excluding hydrogens is 321 g/mol. The molecule has 0 aliphatic carbocycles. The molecule has 0 spiro atoms. The van der Waals surface area contributed by atoms with Crippen LogP contribution in [0.3, 0.4) is 0 Å². The van der Waals surface area contributed by atoms with Gasteiger partial charge in [-0.1, -0.05) is 6.07 Å². The maximum absolute atomic E-state index is 13.9. The number of benzene rings is 1. The highest BCUT2D eigenvalue weighted by molar-refractivity contribution is 6.05. The number of amides is 1. The van der Waals surface area contributed by atoms with Crippen molar-refractivity contribution < 1.29 is 13.9 Å². The number of fused-ring (bicyclic) bond motifs is 1. The second-order valence-corrected chi connectivity index (χ2v) is 6.00. The van der Waals surface area contributed by atoms with Gasteiger partial charge in [-0.15, -0.1) is 0 Å². The summed E-state index contributed by atoms with van der Waals surface area (Å²) in [4.78, 5) is 22.8. The molecule has 1 amide bonds. The lowest BCUT2D eigenvalue weighted by molar-refractivity contribution is 0.0773. The zero-order valence-corrected chi connectivity index (χ0v) is 13.4. The van der Waals surface area contributed by atoms with Crippen molar-refractivity contribution >= 4 is 16.8 Å². The molecule has 25 heavy (non-hydrogen) atoms. The molecule has 1 atom stereocenters. The Morgan fingerprint density at radius 3 is 2.96 bits per heavy atom. The minimum atomic E-state index is -0.439. The number of carbonyl (C=O) groups is 1. The first-order valence-electron chi connectivity index (χ1n) is 8.11. The minimum Gasteiger partial charge on any atom is -0.487 e. The first-order valence-corrected chi connectivity index (χ1v) is 8.11. The molecule has 1 aliphatic heterocycles. The number of aromatic nitrogens is 2. The molecule has 1 fully saturated rings. The molecule has 0 saturated carbocycles. The summed E-state index contributed by atoms with van der Waals surface area (Å²) in [6.45, 7) is 1.02.